The molecule has 7 heteroatoms. The molecule has 22 heavy (non-hydrogen) atoms. The molecule has 3 rings (SSSR count). The number of benzene rings is 1. The molecule has 2 N–H and O–H groups in total. The summed E-state index contributed by atoms with van der Waals surface area (Å²) < 4.78 is 5.10. The maximum Gasteiger partial charge on any atom is 0.230 e. The maximum absolute atomic E-state index is 11.8. The topological polar surface area (TPSA) is 79.9 Å². The Hall–Kier alpha value is -2.02. The van der Waals surface area contributed by atoms with Gasteiger partial charge in [0.05, 0.1) is 12.9 Å². The SMILES string of the molecule is COc1ccc(CNC(=O)CSc2n[nH]c(C3CC3)n2)cc1. The summed E-state index contributed by atoms with van der Waals surface area (Å²) in [7, 11) is 1.63. The zero-order valence-electron chi connectivity index (χ0n) is 12.3. The summed E-state index contributed by atoms with van der Waals surface area (Å²) >= 11 is 1.35. The van der Waals surface area contributed by atoms with Crippen LogP contribution in [0.25, 0.3) is 0 Å². The van der Waals surface area contributed by atoms with Crippen LogP contribution >= 0.6 is 11.8 Å². The summed E-state index contributed by atoms with van der Waals surface area (Å²) in [5.41, 5.74) is 1.04. The van der Waals surface area contributed by atoms with E-state index in [1.807, 2.05) is 24.3 Å². The third kappa shape index (κ3) is 4.00. The van der Waals surface area contributed by atoms with Crippen LogP contribution in [0.1, 0.15) is 30.1 Å². The zero-order chi connectivity index (χ0) is 15.4. The van der Waals surface area contributed by atoms with Gasteiger partial charge in [0.25, 0.3) is 0 Å². The number of aromatic nitrogens is 3. The van der Waals surface area contributed by atoms with E-state index in [4.69, 9.17) is 4.74 Å². The lowest BCUT2D eigenvalue weighted by Crippen LogP contribution is -2.24. The molecule has 0 unspecified atom stereocenters. The first-order valence-electron chi connectivity index (χ1n) is 7.19. The number of ether oxygens (including phenoxy) is 1. The van der Waals surface area contributed by atoms with Gasteiger partial charge in [-0.3, -0.25) is 9.89 Å². The van der Waals surface area contributed by atoms with Crippen LogP contribution in [0.2, 0.25) is 0 Å². The van der Waals surface area contributed by atoms with Crippen LogP contribution in [0.3, 0.4) is 0 Å². The van der Waals surface area contributed by atoms with Crippen molar-refractivity contribution in [3.8, 4) is 5.75 Å². The molecule has 6 nitrogen and oxygen atoms in total. The minimum Gasteiger partial charge on any atom is -0.497 e. The van der Waals surface area contributed by atoms with Crippen molar-refractivity contribution in [2.45, 2.75) is 30.5 Å². The van der Waals surface area contributed by atoms with Crippen molar-refractivity contribution < 1.29 is 9.53 Å². The van der Waals surface area contributed by atoms with E-state index in [2.05, 4.69) is 20.5 Å². The number of rotatable bonds is 7. The highest BCUT2D eigenvalue weighted by Crippen LogP contribution is 2.38. The monoisotopic (exact) mass is 318 g/mol. The normalized spacial score (nSPS) is 13.9. The van der Waals surface area contributed by atoms with Gasteiger partial charge in [-0.05, 0) is 30.5 Å². The minimum atomic E-state index is -0.0291. The molecular formula is C15H18N4O2S. The number of H-pyrrole nitrogens is 1. The van der Waals surface area contributed by atoms with Gasteiger partial charge >= 0.3 is 0 Å². The number of aromatic amines is 1. The van der Waals surface area contributed by atoms with Crippen LogP contribution in [-0.2, 0) is 11.3 Å². The molecule has 1 fully saturated rings. The van der Waals surface area contributed by atoms with Crippen LogP contribution in [0.5, 0.6) is 5.75 Å². The molecule has 1 aromatic heterocycles. The van der Waals surface area contributed by atoms with E-state index in [0.717, 1.165) is 17.1 Å². The molecule has 1 amide bonds. The Labute approximate surface area is 133 Å². The molecule has 1 aliphatic rings. The Morgan fingerprint density at radius 2 is 2.18 bits per heavy atom. The van der Waals surface area contributed by atoms with Gasteiger partial charge < -0.3 is 10.1 Å². The second-order valence-corrected chi connectivity index (χ2v) is 6.13. The predicted molar refractivity (Wildman–Crippen MR) is 83.9 cm³/mol. The Bertz CT molecular complexity index is 637. The number of amides is 1. The highest BCUT2D eigenvalue weighted by Gasteiger charge is 2.27. The average Bonchev–Trinajstić information content (AvgIpc) is 3.30. The fourth-order valence-electron chi connectivity index (χ4n) is 1.99. The minimum absolute atomic E-state index is 0.0291. The van der Waals surface area contributed by atoms with E-state index in [-0.39, 0.29) is 5.91 Å². The summed E-state index contributed by atoms with van der Waals surface area (Å²) in [5, 5.41) is 10.6. The van der Waals surface area contributed by atoms with E-state index < -0.39 is 0 Å². The lowest BCUT2D eigenvalue weighted by atomic mass is 10.2. The molecule has 1 aliphatic carbocycles. The summed E-state index contributed by atoms with van der Waals surface area (Å²) in [6.07, 6.45) is 2.36. The van der Waals surface area contributed by atoms with Gasteiger partial charge in [-0.1, -0.05) is 23.9 Å². The smallest absolute Gasteiger partial charge is 0.230 e. The van der Waals surface area contributed by atoms with E-state index in [1.165, 1.54) is 24.6 Å². The first-order valence-corrected chi connectivity index (χ1v) is 8.18. The molecule has 116 valence electrons. The van der Waals surface area contributed by atoms with Gasteiger partial charge in [-0.25, -0.2) is 4.98 Å². The summed E-state index contributed by atoms with van der Waals surface area (Å²) in [4.78, 5) is 16.2. The van der Waals surface area contributed by atoms with Crippen molar-refractivity contribution in [3.63, 3.8) is 0 Å². The maximum atomic E-state index is 11.8. The van der Waals surface area contributed by atoms with E-state index in [9.17, 15) is 4.79 Å². The molecule has 1 heterocycles. The first kappa shape index (κ1) is 14.9. The molecule has 0 radical (unpaired) electrons. The van der Waals surface area contributed by atoms with Crippen LogP contribution in [0.15, 0.2) is 29.4 Å². The quantitative estimate of drug-likeness (QED) is 0.764. The second-order valence-electron chi connectivity index (χ2n) is 5.19. The molecule has 1 aromatic carbocycles. The standard InChI is InChI=1S/C15H18N4O2S/c1-21-12-6-2-10(3-7-12)8-16-13(20)9-22-15-17-14(18-19-15)11-4-5-11/h2-3,6-7,11H,4-5,8-9H2,1H3,(H,16,20)(H,17,18,19). The Morgan fingerprint density at radius 1 is 1.41 bits per heavy atom. The van der Waals surface area contributed by atoms with Crippen molar-refractivity contribution in [1.29, 1.82) is 0 Å². The fraction of sp³-hybridized carbons (Fsp3) is 0.400. The number of nitrogens with one attached hydrogen (secondary N) is 2. The first-order chi connectivity index (χ1) is 10.7. The van der Waals surface area contributed by atoms with Crippen molar-refractivity contribution >= 4 is 17.7 Å². The molecule has 2 aromatic rings. The number of hydrogen-bond donors (Lipinski definition) is 2. The van der Waals surface area contributed by atoms with Crippen LogP contribution in [0.4, 0.5) is 0 Å². The second kappa shape index (κ2) is 6.83. The number of methoxy groups -OCH3 is 1. The van der Waals surface area contributed by atoms with Crippen molar-refractivity contribution in [2.75, 3.05) is 12.9 Å². The van der Waals surface area contributed by atoms with Crippen molar-refractivity contribution in [2.24, 2.45) is 0 Å². The molecule has 0 saturated heterocycles. The van der Waals surface area contributed by atoms with Gasteiger partial charge in [0, 0.05) is 12.5 Å². The van der Waals surface area contributed by atoms with Gasteiger partial charge in [-0.15, -0.1) is 5.10 Å². The number of carbonyl (C=O) groups excluding carboxylic acids is 1. The number of carbonyl (C=O) groups is 1. The molecule has 0 atom stereocenters. The van der Waals surface area contributed by atoms with Gasteiger partial charge in [-0.2, -0.15) is 0 Å². The average molecular weight is 318 g/mol. The fourth-order valence-corrected chi connectivity index (χ4v) is 2.62. The number of thioether (sulfide) groups is 1. The summed E-state index contributed by atoms with van der Waals surface area (Å²) in [6, 6.07) is 7.62. The molecular weight excluding hydrogens is 300 g/mol. The predicted octanol–water partition coefficient (Wildman–Crippen LogP) is 2.10. The third-order valence-corrected chi connectivity index (χ3v) is 4.27. The number of hydrogen-bond acceptors (Lipinski definition) is 5. The van der Waals surface area contributed by atoms with E-state index in [0.29, 0.717) is 23.4 Å². The highest BCUT2D eigenvalue weighted by molar-refractivity contribution is 7.99. The largest absolute Gasteiger partial charge is 0.497 e. The molecule has 1 saturated carbocycles. The van der Waals surface area contributed by atoms with Crippen molar-refractivity contribution in [3.05, 3.63) is 35.7 Å². The summed E-state index contributed by atoms with van der Waals surface area (Å²) in [5.74, 6) is 2.59. The lowest BCUT2D eigenvalue weighted by molar-refractivity contribution is -0.118. The molecule has 0 bridgehead atoms. The highest BCUT2D eigenvalue weighted by atomic mass is 32.2. The van der Waals surface area contributed by atoms with E-state index in [1.54, 1.807) is 7.11 Å². The van der Waals surface area contributed by atoms with Crippen molar-refractivity contribution in [1.82, 2.24) is 20.5 Å². The van der Waals surface area contributed by atoms with Crippen LogP contribution in [0, 0.1) is 0 Å². The van der Waals surface area contributed by atoms with Gasteiger partial charge in [0.2, 0.25) is 11.1 Å². The Balaban J connectivity index is 1.41. The summed E-state index contributed by atoms with van der Waals surface area (Å²) in [6.45, 7) is 0.505. The van der Waals surface area contributed by atoms with Gasteiger partial charge in [0.15, 0.2) is 0 Å². The van der Waals surface area contributed by atoms with Gasteiger partial charge in [0.1, 0.15) is 11.6 Å². The Kier molecular flexibility index (Phi) is 4.62. The zero-order valence-corrected chi connectivity index (χ0v) is 13.2. The number of nitrogens with zero attached hydrogens (tertiary/aromatic N) is 2. The van der Waals surface area contributed by atoms with Crippen LogP contribution in [-0.4, -0.2) is 34.0 Å². The Morgan fingerprint density at radius 3 is 2.86 bits per heavy atom. The lowest BCUT2D eigenvalue weighted by Gasteiger charge is -2.05. The van der Waals surface area contributed by atoms with E-state index >= 15 is 0 Å². The molecule has 0 spiro atoms. The van der Waals surface area contributed by atoms with Crippen LogP contribution < -0.4 is 10.1 Å². The molecule has 0 aliphatic heterocycles. The third-order valence-electron chi connectivity index (χ3n) is 3.43.